The average Bonchev–Trinajstić information content (AvgIpc) is 2.73. The van der Waals surface area contributed by atoms with E-state index in [1.54, 1.807) is 11.8 Å². The van der Waals surface area contributed by atoms with Crippen molar-refractivity contribution in [2.45, 2.75) is 52.6 Å². The number of carbonyl (C=O) groups excluding carboxylic acids is 2. The van der Waals surface area contributed by atoms with Crippen molar-refractivity contribution in [3.05, 3.63) is 48.0 Å². The first-order valence-corrected chi connectivity index (χ1v) is 10.7. The summed E-state index contributed by atoms with van der Waals surface area (Å²) in [5, 5.41) is 2.93. The SMILES string of the molecule is CCCCCN1C(=O)C(C)Oc2ccc(NC(=O)Cc3ccc(OCC)cc3)cc21. The summed E-state index contributed by atoms with van der Waals surface area (Å²) in [6.07, 6.45) is 2.84. The molecule has 6 heteroatoms. The van der Waals surface area contributed by atoms with Gasteiger partial charge in [-0.25, -0.2) is 0 Å². The molecule has 1 aliphatic rings. The lowest BCUT2D eigenvalue weighted by molar-refractivity contribution is -0.125. The van der Waals surface area contributed by atoms with Gasteiger partial charge in [-0.05, 0) is 56.2 Å². The standard InChI is InChI=1S/C24H30N2O4/c1-4-6-7-14-26-21-16-19(10-13-22(21)30-17(3)24(26)28)25-23(27)15-18-8-11-20(12-9-18)29-5-2/h8-13,16-17H,4-7,14-15H2,1-3H3,(H,25,27). The number of amides is 2. The molecule has 1 unspecified atom stereocenters. The van der Waals surface area contributed by atoms with Crippen LogP contribution in [0.5, 0.6) is 11.5 Å². The molecule has 0 saturated carbocycles. The second kappa shape index (κ2) is 10.1. The van der Waals surface area contributed by atoms with Crippen LogP contribution in [0, 0.1) is 0 Å². The Labute approximate surface area is 178 Å². The minimum Gasteiger partial charge on any atom is -0.494 e. The molecule has 0 radical (unpaired) electrons. The molecule has 1 N–H and O–H groups in total. The lowest BCUT2D eigenvalue weighted by atomic mass is 10.1. The maximum absolute atomic E-state index is 12.6. The van der Waals surface area contributed by atoms with Crippen LogP contribution in [0.15, 0.2) is 42.5 Å². The van der Waals surface area contributed by atoms with Gasteiger partial charge < -0.3 is 19.7 Å². The second-order valence-corrected chi connectivity index (χ2v) is 7.44. The molecule has 0 aromatic heterocycles. The first kappa shape index (κ1) is 21.7. The van der Waals surface area contributed by atoms with Crippen LogP contribution in [0.25, 0.3) is 0 Å². The van der Waals surface area contributed by atoms with Crippen molar-refractivity contribution in [3.8, 4) is 11.5 Å². The summed E-state index contributed by atoms with van der Waals surface area (Å²) >= 11 is 0. The quantitative estimate of drug-likeness (QED) is 0.615. The van der Waals surface area contributed by atoms with Crippen LogP contribution in [-0.4, -0.2) is 31.1 Å². The van der Waals surface area contributed by atoms with Gasteiger partial charge >= 0.3 is 0 Å². The molecular weight excluding hydrogens is 380 g/mol. The Balaban J connectivity index is 1.69. The van der Waals surface area contributed by atoms with E-state index < -0.39 is 6.10 Å². The van der Waals surface area contributed by atoms with E-state index in [1.165, 1.54) is 0 Å². The highest BCUT2D eigenvalue weighted by Crippen LogP contribution is 2.36. The molecule has 0 spiro atoms. The number of rotatable bonds is 9. The second-order valence-electron chi connectivity index (χ2n) is 7.44. The fourth-order valence-corrected chi connectivity index (χ4v) is 3.50. The average molecular weight is 411 g/mol. The predicted molar refractivity (Wildman–Crippen MR) is 118 cm³/mol. The summed E-state index contributed by atoms with van der Waals surface area (Å²) in [5.41, 5.74) is 2.27. The third-order valence-electron chi connectivity index (χ3n) is 5.04. The number of benzene rings is 2. The molecule has 2 aromatic carbocycles. The van der Waals surface area contributed by atoms with Crippen molar-refractivity contribution in [3.63, 3.8) is 0 Å². The van der Waals surface area contributed by atoms with Gasteiger partial charge in [-0.15, -0.1) is 0 Å². The maximum Gasteiger partial charge on any atom is 0.267 e. The summed E-state index contributed by atoms with van der Waals surface area (Å²) in [6.45, 7) is 7.10. The minimum absolute atomic E-state index is 0.0449. The Bertz CT molecular complexity index is 879. The molecule has 0 fully saturated rings. The van der Waals surface area contributed by atoms with Gasteiger partial charge in [0.2, 0.25) is 5.91 Å². The van der Waals surface area contributed by atoms with E-state index >= 15 is 0 Å². The first-order valence-electron chi connectivity index (χ1n) is 10.7. The highest BCUT2D eigenvalue weighted by atomic mass is 16.5. The van der Waals surface area contributed by atoms with E-state index in [2.05, 4.69) is 12.2 Å². The zero-order valence-corrected chi connectivity index (χ0v) is 17.9. The number of nitrogens with zero attached hydrogens (tertiary/aromatic N) is 1. The fourth-order valence-electron chi connectivity index (χ4n) is 3.50. The smallest absolute Gasteiger partial charge is 0.267 e. The number of anilines is 2. The lowest BCUT2D eigenvalue weighted by Gasteiger charge is -2.33. The van der Waals surface area contributed by atoms with Gasteiger partial charge in [0, 0.05) is 12.2 Å². The third kappa shape index (κ3) is 5.32. The zero-order chi connectivity index (χ0) is 21.5. The molecular formula is C24H30N2O4. The van der Waals surface area contributed by atoms with Crippen LogP contribution in [0.3, 0.4) is 0 Å². The normalized spacial score (nSPS) is 15.4. The number of carbonyl (C=O) groups is 2. The van der Waals surface area contributed by atoms with Crippen LogP contribution in [-0.2, 0) is 16.0 Å². The van der Waals surface area contributed by atoms with Gasteiger partial charge in [-0.2, -0.15) is 0 Å². The van der Waals surface area contributed by atoms with E-state index in [0.717, 1.165) is 30.6 Å². The van der Waals surface area contributed by atoms with Crippen molar-refractivity contribution < 1.29 is 19.1 Å². The Morgan fingerprint density at radius 1 is 1.13 bits per heavy atom. The molecule has 1 heterocycles. The Morgan fingerprint density at radius 2 is 1.90 bits per heavy atom. The molecule has 3 rings (SSSR count). The fraction of sp³-hybridized carbons (Fsp3) is 0.417. The van der Waals surface area contributed by atoms with E-state index in [4.69, 9.17) is 9.47 Å². The van der Waals surface area contributed by atoms with Gasteiger partial charge in [0.05, 0.1) is 18.7 Å². The molecule has 0 saturated heterocycles. The number of ether oxygens (including phenoxy) is 2. The Morgan fingerprint density at radius 3 is 2.60 bits per heavy atom. The molecule has 6 nitrogen and oxygen atoms in total. The van der Waals surface area contributed by atoms with Crippen LogP contribution >= 0.6 is 0 Å². The van der Waals surface area contributed by atoms with Crippen molar-refractivity contribution in [2.24, 2.45) is 0 Å². The number of hydrogen-bond acceptors (Lipinski definition) is 4. The van der Waals surface area contributed by atoms with Gasteiger partial charge in [0.1, 0.15) is 11.5 Å². The molecule has 2 amide bonds. The van der Waals surface area contributed by atoms with Crippen LogP contribution < -0.4 is 19.7 Å². The van der Waals surface area contributed by atoms with Gasteiger partial charge in [0.25, 0.3) is 5.91 Å². The van der Waals surface area contributed by atoms with E-state index in [-0.39, 0.29) is 18.2 Å². The Kier molecular flexibility index (Phi) is 7.33. The monoisotopic (exact) mass is 410 g/mol. The van der Waals surface area contributed by atoms with Crippen LogP contribution in [0.2, 0.25) is 0 Å². The molecule has 2 aromatic rings. The number of nitrogens with one attached hydrogen (secondary N) is 1. The molecule has 0 aliphatic carbocycles. The van der Waals surface area contributed by atoms with Gasteiger partial charge in [-0.3, -0.25) is 9.59 Å². The highest BCUT2D eigenvalue weighted by Gasteiger charge is 2.31. The van der Waals surface area contributed by atoms with Crippen molar-refractivity contribution in [1.82, 2.24) is 0 Å². The minimum atomic E-state index is -0.501. The summed E-state index contributed by atoms with van der Waals surface area (Å²) in [7, 11) is 0. The largest absolute Gasteiger partial charge is 0.494 e. The molecule has 1 atom stereocenters. The maximum atomic E-state index is 12.6. The zero-order valence-electron chi connectivity index (χ0n) is 17.9. The van der Waals surface area contributed by atoms with Gasteiger partial charge in [-0.1, -0.05) is 31.9 Å². The van der Waals surface area contributed by atoms with E-state index in [0.29, 0.717) is 30.3 Å². The Hall–Kier alpha value is -3.02. The third-order valence-corrected chi connectivity index (χ3v) is 5.04. The lowest BCUT2D eigenvalue weighted by Crippen LogP contribution is -2.44. The summed E-state index contributed by atoms with van der Waals surface area (Å²) in [5.74, 6) is 1.30. The number of fused-ring (bicyclic) bond motifs is 1. The molecule has 160 valence electrons. The molecule has 30 heavy (non-hydrogen) atoms. The first-order chi connectivity index (χ1) is 14.5. The number of hydrogen-bond donors (Lipinski definition) is 1. The molecule has 1 aliphatic heterocycles. The summed E-state index contributed by atoms with van der Waals surface area (Å²) in [4.78, 5) is 26.9. The topological polar surface area (TPSA) is 67.9 Å². The highest BCUT2D eigenvalue weighted by molar-refractivity contribution is 6.01. The van der Waals surface area contributed by atoms with Crippen LogP contribution in [0.1, 0.15) is 45.6 Å². The van der Waals surface area contributed by atoms with Crippen LogP contribution in [0.4, 0.5) is 11.4 Å². The molecule has 0 bridgehead atoms. The summed E-state index contributed by atoms with van der Waals surface area (Å²) < 4.78 is 11.2. The number of unbranched alkanes of at least 4 members (excludes halogenated alkanes) is 2. The van der Waals surface area contributed by atoms with Crippen molar-refractivity contribution >= 4 is 23.2 Å². The predicted octanol–water partition coefficient (Wildman–Crippen LogP) is 4.57. The summed E-state index contributed by atoms with van der Waals surface area (Å²) in [6, 6.07) is 13.0. The van der Waals surface area contributed by atoms with E-state index in [9.17, 15) is 9.59 Å². The van der Waals surface area contributed by atoms with Crippen molar-refractivity contribution in [2.75, 3.05) is 23.4 Å². The van der Waals surface area contributed by atoms with E-state index in [1.807, 2.05) is 49.4 Å². The van der Waals surface area contributed by atoms with Gasteiger partial charge in [0.15, 0.2) is 6.10 Å². The van der Waals surface area contributed by atoms with Crippen molar-refractivity contribution in [1.29, 1.82) is 0 Å².